The number of aromatic nitrogens is 1. The molecule has 0 amide bonds. The topological polar surface area (TPSA) is 24.9 Å². The Bertz CT molecular complexity index is 350. The Hall–Kier alpha value is -1.15. The van der Waals surface area contributed by atoms with Crippen LogP contribution in [0.5, 0.6) is 0 Å². The summed E-state index contributed by atoms with van der Waals surface area (Å²) in [5.74, 6) is 0. The number of hydrogen-bond acceptors (Lipinski definition) is 2. The third kappa shape index (κ3) is 4.70. The minimum atomic E-state index is 0.826. The van der Waals surface area contributed by atoms with E-state index in [9.17, 15) is 0 Å². The first-order valence-electron chi connectivity index (χ1n) is 6.70. The Kier molecular flexibility index (Phi) is 4.75. The average Bonchev–Trinajstić information content (AvgIpc) is 3.18. The number of nitrogens with one attached hydrogen (secondary N) is 1. The fourth-order valence-electron chi connectivity index (χ4n) is 1.77. The summed E-state index contributed by atoms with van der Waals surface area (Å²) in [4.78, 5) is 4.44. The Morgan fingerprint density at radius 2 is 2.24 bits per heavy atom. The van der Waals surface area contributed by atoms with Crippen LogP contribution in [-0.2, 0) is 12.8 Å². The predicted octanol–water partition coefficient (Wildman–Crippen LogP) is 2.88. The van der Waals surface area contributed by atoms with Crippen LogP contribution in [0, 0.1) is 0 Å². The minimum Gasteiger partial charge on any atom is -0.314 e. The molecule has 1 saturated carbocycles. The van der Waals surface area contributed by atoms with Crippen molar-refractivity contribution in [2.75, 3.05) is 6.54 Å². The van der Waals surface area contributed by atoms with Gasteiger partial charge in [-0.3, -0.25) is 4.98 Å². The van der Waals surface area contributed by atoms with Gasteiger partial charge < -0.3 is 5.32 Å². The molecule has 92 valence electrons. The fourth-order valence-corrected chi connectivity index (χ4v) is 1.77. The Balaban J connectivity index is 1.63. The van der Waals surface area contributed by atoms with Crippen molar-refractivity contribution < 1.29 is 0 Å². The van der Waals surface area contributed by atoms with Crippen molar-refractivity contribution in [1.82, 2.24) is 10.3 Å². The highest BCUT2D eigenvalue weighted by Crippen LogP contribution is 2.18. The van der Waals surface area contributed by atoms with Crippen LogP contribution in [0.15, 0.2) is 30.5 Å². The van der Waals surface area contributed by atoms with Crippen molar-refractivity contribution in [3.8, 4) is 0 Å². The molecule has 0 bridgehead atoms. The number of hydrogen-bond donors (Lipinski definition) is 1. The molecule has 0 spiro atoms. The van der Waals surface area contributed by atoms with E-state index >= 15 is 0 Å². The summed E-state index contributed by atoms with van der Waals surface area (Å²) >= 11 is 0. The third-order valence-corrected chi connectivity index (χ3v) is 3.11. The Morgan fingerprint density at radius 1 is 1.35 bits per heavy atom. The van der Waals surface area contributed by atoms with Gasteiger partial charge >= 0.3 is 0 Å². The summed E-state index contributed by atoms with van der Waals surface area (Å²) in [6, 6.07) is 5.13. The van der Waals surface area contributed by atoms with E-state index in [1.807, 2.05) is 6.20 Å². The number of pyridine rings is 1. The summed E-state index contributed by atoms with van der Waals surface area (Å²) < 4.78 is 0. The number of rotatable bonds is 7. The second kappa shape index (κ2) is 6.55. The zero-order chi connectivity index (χ0) is 11.9. The molecule has 0 aromatic carbocycles. The molecule has 0 radical (unpaired) electrons. The molecule has 2 rings (SSSR count). The number of allylic oxidation sites excluding steroid dienone is 1. The molecule has 0 atom stereocenters. The van der Waals surface area contributed by atoms with E-state index in [-0.39, 0.29) is 0 Å². The van der Waals surface area contributed by atoms with E-state index in [0.29, 0.717) is 0 Å². The van der Waals surface area contributed by atoms with E-state index in [4.69, 9.17) is 0 Å². The van der Waals surface area contributed by atoms with Gasteiger partial charge in [-0.2, -0.15) is 0 Å². The van der Waals surface area contributed by atoms with Gasteiger partial charge in [-0.1, -0.05) is 25.1 Å². The monoisotopic (exact) mass is 230 g/mol. The lowest BCUT2D eigenvalue weighted by atomic mass is 10.2. The van der Waals surface area contributed by atoms with Gasteiger partial charge in [0.05, 0.1) is 0 Å². The summed E-state index contributed by atoms with van der Waals surface area (Å²) in [6.07, 6.45) is 12.4. The van der Waals surface area contributed by atoms with Gasteiger partial charge in [-0.15, -0.1) is 0 Å². The van der Waals surface area contributed by atoms with Crippen LogP contribution in [0.25, 0.3) is 0 Å². The predicted molar refractivity (Wildman–Crippen MR) is 72.1 cm³/mol. The molecule has 1 fully saturated rings. The summed E-state index contributed by atoms with van der Waals surface area (Å²) in [6.45, 7) is 3.27. The SMILES string of the molecule is CCc1ccc(CC=CCCNC2CC2)nc1. The first kappa shape index (κ1) is 12.3. The Labute approximate surface area is 104 Å². The van der Waals surface area contributed by atoms with Crippen LogP contribution in [-0.4, -0.2) is 17.6 Å². The van der Waals surface area contributed by atoms with Crippen LogP contribution < -0.4 is 5.32 Å². The maximum atomic E-state index is 4.44. The normalized spacial score (nSPS) is 15.6. The van der Waals surface area contributed by atoms with Crippen LogP contribution in [0.3, 0.4) is 0 Å². The van der Waals surface area contributed by atoms with E-state index < -0.39 is 0 Å². The highest BCUT2D eigenvalue weighted by Gasteiger charge is 2.19. The molecule has 1 N–H and O–H groups in total. The van der Waals surface area contributed by atoms with Crippen LogP contribution in [0.2, 0.25) is 0 Å². The zero-order valence-corrected chi connectivity index (χ0v) is 10.7. The molecule has 0 unspecified atom stereocenters. The fraction of sp³-hybridized carbons (Fsp3) is 0.533. The Morgan fingerprint density at radius 3 is 2.88 bits per heavy atom. The van der Waals surface area contributed by atoms with Gasteiger partial charge in [0.1, 0.15) is 0 Å². The zero-order valence-electron chi connectivity index (χ0n) is 10.7. The molecule has 1 heterocycles. The highest BCUT2D eigenvalue weighted by atomic mass is 14.9. The second-order valence-corrected chi connectivity index (χ2v) is 4.70. The number of aryl methyl sites for hydroxylation is 1. The lowest BCUT2D eigenvalue weighted by Crippen LogP contribution is -2.16. The van der Waals surface area contributed by atoms with Crippen molar-refractivity contribution >= 4 is 0 Å². The molecule has 1 aliphatic rings. The van der Waals surface area contributed by atoms with Gasteiger partial charge in [-0.25, -0.2) is 0 Å². The molecule has 1 aromatic heterocycles. The van der Waals surface area contributed by atoms with E-state index in [1.54, 1.807) is 0 Å². The van der Waals surface area contributed by atoms with Gasteiger partial charge in [0.25, 0.3) is 0 Å². The molecule has 0 saturated heterocycles. The summed E-state index contributed by atoms with van der Waals surface area (Å²) in [5.41, 5.74) is 2.47. The molecular formula is C15H22N2. The minimum absolute atomic E-state index is 0.826. The van der Waals surface area contributed by atoms with Gasteiger partial charge in [-0.05, 0) is 43.9 Å². The van der Waals surface area contributed by atoms with Crippen LogP contribution >= 0.6 is 0 Å². The van der Waals surface area contributed by atoms with Crippen molar-refractivity contribution in [2.45, 2.75) is 45.1 Å². The standard InChI is InChI=1S/C15H22N2/c1-2-13-7-8-14(17-12-13)6-4-3-5-11-16-15-9-10-15/h3-4,7-8,12,15-16H,2,5-6,9-11H2,1H3. The van der Waals surface area contributed by atoms with Crippen molar-refractivity contribution in [1.29, 1.82) is 0 Å². The average molecular weight is 230 g/mol. The summed E-state index contributed by atoms with van der Waals surface area (Å²) in [7, 11) is 0. The summed E-state index contributed by atoms with van der Waals surface area (Å²) in [5, 5.41) is 3.50. The highest BCUT2D eigenvalue weighted by molar-refractivity contribution is 5.15. The van der Waals surface area contributed by atoms with Crippen LogP contribution in [0.1, 0.15) is 37.4 Å². The molecule has 0 aliphatic heterocycles. The quantitative estimate of drug-likeness (QED) is 0.575. The molecule has 2 heteroatoms. The lowest BCUT2D eigenvalue weighted by molar-refractivity contribution is 0.690. The largest absolute Gasteiger partial charge is 0.314 e. The molecule has 2 nitrogen and oxygen atoms in total. The van der Waals surface area contributed by atoms with Gasteiger partial charge in [0, 0.05) is 24.4 Å². The van der Waals surface area contributed by atoms with Crippen LogP contribution in [0.4, 0.5) is 0 Å². The third-order valence-electron chi connectivity index (χ3n) is 3.11. The number of nitrogens with zero attached hydrogens (tertiary/aromatic N) is 1. The van der Waals surface area contributed by atoms with E-state index in [1.165, 1.54) is 18.4 Å². The molecule has 1 aromatic rings. The molecule has 1 aliphatic carbocycles. The van der Waals surface area contributed by atoms with E-state index in [2.05, 4.69) is 41.5 Å². The maximum absolute atomic E-state index is 4.44. The first-order valence-corrected chi connectivity index (χ1v) is 6.70. The lowest BCUT2D eigenvalue weighted by Gasteiger charge is -1.99. The van der Waals surface area contributed by atoms with Gasteiger partial charge in [0.2, 0.25) is 0 Å². The molecular weight excluding hydrogens is 208 g/mol. The van der Waals surface area contributed by atoms with E-state index in [0.717, 1.165) is 37.5 Å². The van der Waals surface area contributed by atoms with Gasteiger partial charge in [0.15, 0.2) is 0 Å². The van der Waals surface area contributed by atoms with Crippen molar-refractivity contribution in [3.05, 3.63) is 41.7 Å². The molecule has 17 heavy (non-hydrogen) atoms. The van der Waals surface area contributed by atoms with Crippen molar-refractivity contribution in [2.24, 2.45) is 0 Å². The smallest absolute Gasteiger partial charge is 0.0441 e. The van der Waals surface area contributed by atoms with Crippen molar-refractivity contribution in [3.63, 3.8) is 0 Å². The second-order valence-electron chi connectivity index (χ2n) is 4.70. The maximum Gasteiger partial charge on any atom is 0.0441 e. The first-order chi connectivity index (χ1) is 8.38.